The second-order valence-electron chi connectivity index (χ2n) is 5.90. The Labute approximate surface area is 117 Å². The van der Waals surface area contributed by atoms with Gasteiger partial charge >= 0.3 is 12.0 Å². The van der Waals surface area contributed by atoms with Gasteiger partial charge in [-0.1, -0.05) is 12.8 Å². The van der Waals surface area contributed by atoms with Gasteiger partial charge in [-0.05, 0) is 19.8 Å². The maximum Gasteiger partial charge on any atom is 0.329 e. The molecule has 0 bridgehead atoms. The van der Waals surface area contributed by atoms with Crippen molar-refractivity contribution < 1.29 is 24.5 Å². The molecule has 20 heavy (non-hydrogen) atoms. The lowest BCUT2D eigenvalue weighted by molar-refractivity contribution is -0.159. The zero-order chi connectivity index (χ0) is 14.8. The van der Waals surface area contributed by atoms with Crippen LogP contribution in [0.5, 0.6) is 0 Å². The van der Waals surface area contributed by atoms with Crippen molar-refractivity contribution in [3.8, 4) is 0 Å². The summed E-state index contributed by atoms with van der Waals surface area (Å²) in [4.78, 5) is 24.0. The van der Waals surface area contributed by atoms with Crippen LogP contribution in [0.3, 0.4) is 0 Å². The fraction of sp³-hybridized carbons (Fsp3) is 0.846. The molecule has 0 aromatic heterocycles. The Morgan fingerprint density at radius 3 is 2.60 bits per heavy atom. The molecule has 0 aromatic carbocycles. The van der Waals surface area contributed by atoms with Crippen LogP contribution in [-0.2, 0) is 9.53 Å². The van der Waals surface area contributed by atoms with Crippen LogP contribution in [0.25, 0.3) is 0 Å². The summed E-state index contributed by atoms with van der Waals surface area (Å²) >= 11 is 0. The highest BCUT2D eigenvalue weighted by atomic mass is 16.5. The summed E-state index contributed by atoms with van der Waals surface area (Å²) < 4.78 is 5.25. The SMILES string of the molecule is CC1(OCC(=O)O)CN(C(=O)NC2CCCCC2O)C1. The number of aliphatic carboxylic acids is 1. The van der Waals surface area contributed by atoms with E-state index in [0.29, 0.717) is 13.1 Å². The van der Waals surface area contributed by atoms with Gasteiger partial charge in [0.15, 0.2) is 0 Å². The maximum absolute atomic E-state index is 12.0. The van der Waals surface area contributed by atoms with Gasteiger partial charge < -0.3 is 25.2 Å². The third-order valence-electron chi connectivity index (χ3n) is 3.92. The van der Waals surface area contributed by atoms with Crippen molar-refractivity contribution >= 4 is 12.0 Å². The number of aliphatic hydroxyl groups is 1. The highest BCUT2D eigenvalue weighted by Gasteiger charge is 2.43. The number of carbonyl (C=O) groups excluding carboxylic acids is 1. The van der Waals surface area contributed by atoms with E-state index < -0.39 is 17.7 Å². The molecule has 114 valence electrons. The smallest absolute Gasteiger partial charge is 0.329 e. The second kappa shape index (κ2) is 5.97. The molecule has 1 heterocycles. The number of hydrogen-bond acceptors (Lipinski definition) is 4. The summed E-state index contributed by atoms with van der Waals surface area (Å²) in [5, 5.41) is 21.2. The Hall–Kier alpha value is -1.34. The first kappa shape index (κ1) is 15.1. The van der Waals surface area contributed by atoms with Crippen LogP contribution in [0.1, 0.15) is 32.6 Å². The number of rotatable bonds is 4. The van der Waals surface area contributed by atoms with Gasteiger partial charge in [0, 0.05) is 0 Å². The topological polar surface area (TPSA) is 99.1 Å². The van der Waals surface area contributed by atoms with E-state index in [0.717, 1.165) is 25.7 Å². The summed E-state index contributed by atoms with van der Waals surface area (Å²) in [5.41, 5.74) is -0.582. The van der Waals surface area contributed by atoms with Crippen LogP contribution in [0.4, 0.5) is 4.79 Å². The van der Waals surface area contributed by atoms with Gasteiger partial charge in [0.2, 0.25) is 0 Å². The van der Waals surface area contributed by atoms with Gasteiger partial charge in [-0.3, -0.25) is 0 Å². The van der Waals surface area contributed by atoms with Crippen LogP contribution in [0, 0.1) is 0 Å². The van der Waals surface area contributed by atoms with Crippen LogP contribution in [-0.4, -0.2) is 64.6 Å². The quantitative estimate of drug-likeness (QED) is 0.684. The van der Waals surface area contributed by atoms with E-state index in [9.17, 15) is 14.7 Å². The zero-order valence-corrected chi connectivity index (χ0v) is 11.7. The number of carbonyl (C=O) groups is 2. The van der Waals surface area contributed by atoms with Crippen LogP contribution < -0.4 is 5.32 Å². The first-order valence-corrected chi connectivity index (χ1v) is 6.99. The molecule has 2 aliphatic rings. The fourth-order valence-corrected chi connectivity index (χ4v) is 2.76. The lowest BCUT2D eigenvalue weighted by atomic mass is 9.92. The average Bonchev–Trinajstić information content (AvgIpc) is 2.35. The first-order valence-electron chi connectivity index (χ1n) is 6.99. The van der Waals surface area contributed by atoms with Crippen molar-refractivity contribution in [3.63, 3.8) is 0 Å². The first-order chi connectivity index (χ1) is 9.39. The van der Waals surface area contributed by atoms with Crippen molar-refractivity contribution in [3.05, 3.63) is 0 Å². The minimum absolute atomic E-state index is 0.178. The van der Waals surface area contributed by atoms with E-state index in [1.54, 1.807) is 11.8 Å². The van der Waals surface area contributed by atoms with Crippen molar-refractivity contribution in [2.24, 2.45) is 0 Å². The number of carboxylic acid groups (broad SMARTS) is 1. The molecule has 2 amide bonds. The molecule has 1 aliphatic carbocycles. The van der Waals surface area contributed by atoms with Crippen molar-refractivity contribution in [2.75, 3.05) is 19.7 Å². The van der Waals surface area contributed by atoms with Crippen LogP contribution in [0.15, 0.2) is 0 Å². The zero-order valence-electron chi connectivity index (χ0n) is 11.7. The number of ether oxygens (including phenoxy) is 1. The van der Waals surface area contributed by atoms with E-state index in [2.05, 4.69) is 5.32 Å². The van der Waals surface area contributed by atoms with E-state index in [1.807, 2.05) is 0 Å². The third kappa shape index (κ3) is 3.61. The molecule has 0 aromatic rings. The molecule has 2 fully saturated rings. The van der Waals surface area contributed by atoms with Gasteiger partial charge in [-0.25, -0.2) is 9.59 Å². The van der Waals surface area contributed by atoms with E-state index in [-0.39, 0.29) is 18.7 Å². The van der Waals surface area contributed by atoms with E-state index >= 15 is 0 Å². The summed E-state index contributed by atoms with van der Waals surface area (Å²) in [6.07, 6.45) is 3.07. The highest BCUT2D eigenvalue weighted by molar-refractivity contribution is 5.76. The molecule has 2 rings (SSSR count). The standard InChI is InChI=1S/C13H22N2O5/c1-13(20-6-11(17)18)7-15(8-13)12(19)14-9-4-2-3-5-10(9)16/h9-10,16H,2-8H2,1H3,(H,14,19)(H,17,18). The molecule has 2 atom stereocenters. The minimum Gasteiger partial charge on any atom is -0.480 e. The number of likely N-dealkylation sites (tertiary alicyclic amines) is 1. The number of urea groups is 1. The molecule has 2 unspecified atom stereocenters. The molecular formula is C13H22N2O5. The molecule has 1 saturated heterocycles. The Kier molecular flexibility index (Phi) is 4.49. The maximum atomic E-state index is 12.0. The van der Waals surface area contributed by atoms with Crippen molar-refractivity contribution in [2.45, 2.75) is 50.4 Å². The summed E-state index contributed by atoms with van der Waals surface area (Å²) in [6.45, 7) is 2.17. The second-order valence-corrected chi connectivity index (χ2v) is 5.90. The van der Waals surface area contributed by atoms with Gasteiger partial charge in [0.25, 0.3) is 0 Å². The Morgan fingerprint density at radius 1 is 1.35 bits per heavy atom. The highest BCUT2D eigenvalue weighted by Crippen LogP contribution is 2.25. The molecule has 0 spiro atoms. The average molecular weight is 286 g/mol. The number of nitrogens with zero attached hydrogens (tertiary/aromatic N) is 1. The van der Waals surface area contributed by atoms with Gasteiger partial charge in [0.1, 0.15) is 12.2 Å². The molecule has 1 aliphatic heterocycles. The molecule has 7 heteroatoms. The monoisotopic (exact) mass is 286 g/mol. The largest absolute Gasteiger partial charge is 0.480 e. The number of carboxylic acids is 1. The van der Waals surface area contributed by atoms with E-state index in [4.69, 9.17) is 9.84 Å². The fourth-order valence-electron chi connectivity index (χ4n) is 2.76. The Balaban J connectivity index is 1.74. The summed E-state index contributed by atoms with van der Waals surface area (Å²) in [6, 6.07) is -0.393. The van der Waals surface area contributed by atoms with Gasteiger partial charge in [-0.15, -0.1) is 0 Å². The Bertz CT molecular complexity index is 381. The predicted octanol–water partition coefficient (Wildman–Crippen LogP) is 0.175. The molecular weight excluding hydrogens is 264 g/mol. The number of aliphatic hydroxyl groups excluding tert-OH is 1. The van der Waals surface area contributed by atoms with Crippen molar-refractivity contribution in [1.82, 2.24) is 10.2 Å². The molecule has 1 saturated carbocycles. The minimum atomic E-state index is -1.01. The number of nitrogens with one attached hydrogen (secondary N) is 1. The number of hydrogen-bond donors (Lipinski definition) is 3. The lowest BCUT2D eigenvalue weighted by Crippen LogP contribution is -2.66. The van der Waals surface area contributed by atoms with Crippen molar-refractivity contribution in [1.29, 1.82) is 0 Å². The van der Waals surface area contributed by atoms with Gasteiger partial charge in [-0.2, -0.15) is 0 Å². The Morgan fingerprint density at radius 2 is 2.00 bits per heavy atom. The van der Waals surface area contributed by atoms with Gasteiger partial charge in [0.05, 0.1) is 25.2 Å². The van der Waals surface area contributed by atoms with Crippen LogP contribution in [0.2, 0.25) is 0 Å². The summed E-state index contributed by atoms with van der Waals surface area (Å²) in [5.74, 6) is -1.01. The molecule has 7 nitrogen and oxygen atoms in total. The number of amides is 2. The van der Waals surface area contributed by atoms with E-state index in [1.165, 1.54) is 0 Å². The lowest BCUT2D eigenvalue weighted by Gasteiger charge is -2.47. The molecule has 3 N–H and O–H groups in total. The predicted molar refractivity (Wildman–Crippen MR) is 70.4 cm³/mol. The van der Waals surface area contributed by atoms with Crippen LogP contribution >= 0.6 is 0 Å². The summed E-state index contributed by atoms with van der Waals surface area (Å²) in [7, 11) is 0. The third-order valence-corrected chi connectivity index (χ3v) is 3.92. The normalized spacial score (nSPS) is 28.6. The molecule has 0 radical (unpaired) electrons.